The van der Waals surface area contributed by atoms with E-state index in [0.717, 1.165) is 25.8 Å². The average molecular weight is 181 g/mol. The average Bonchev–Trinajstić information content (AvgIpc) is 2.18. The fourth-order valence-electron chi connectivity index (χ4n) is 3.16. The molecule has 2 aliphatic heterocycles. The number of aliphatic hydroxyl groups is 1. The van der Waals surface area contributed by atoms with Crippen LogP contribution in [0.1, 0.15) is 25.7 Å². The fourth-order valence-corrected chi connectivity index (χ4v) is 3.16. The van der Waals surface area contributed by atoms with E-state index in [-0.39, 0.29) is 6.10 Å². The topological polar surface area (TPSA) is 40.5 Å². The Morgan fingerprint density at radius 2 is 2.15 bits per heavy atom. The van der Waals surface area contributed by atoms with E-state index < -0.39 is 0 Å². The van der Waals surface area contributed by atoms with E-state index in [4.69, 9.17) is 0 Å². The van der Waals surface area contributed by atoms with Crippen LogP contribution in [0.2, 0.25) is 0 Å². The van der Waals surface area contributed by atoms with Crippen LogP contribution in [0.15, 0.2) is 0 Å². The highest BCUT2D eigenvalue weighted by Gasteiger charge is 2.53. The van der Waals surface area contributed by atoms with Crippen molar-refractivity contribution in [2.75, 3.05) is 6.54 Å². The Balaban J connectivity index is 1.85. The quantitative estimate of drug-likeness (QED) is 0.587. The van der Waals surface area contributed by atoms with Crippen LogP contribution in [0.3, 0.4) is 0 Å². The Hall–Kier alpha value is -0.570. The van der Waals surface area contributed by atoms with Gasteiger partial charge in [0, 0.05) is 18.5 Å². The number of rotatable bonds is 0. The fraction of sp³-hybridized carbons (Fsp3) is 0.900. The van der Waals surface area contributed by atoms with Crippen LogP contribution in [0.25, 0.3) is 0 Å². The van der Waals surface area contributed by atoms with Gasteiger partial charge in [-0.2, -0.15) is 0 Å². The molecule has 1 saturated carbocycles. The van der Waals surface area contributed by atoms with E-state index >= 15 is 0 Å². The number of hydrogen-bond acceptors (Lipinski definition) is 2. The number of carbonyl (C=O) groups excluding carboxylic acids is 1. The van der Waals surface area contributed by atoms with Crippen LogP contribution in [0.4, 0.5) is 0 Å². The highest BCUT2D eigenvalue weighted by molar-refractivity contribution is 5.83. The minimum Gasteiger partial charge on any atom is -0.393 e. The van der Waals surface area contributed by atoms with Crippen LogP contribution in [0, 0.1) is 11.8 Å². The van der Waals surface area contributed by atoms with Crippen molar-refractivity contribution in [1.29, 1.82) is 0 Å². The monoisotopic (exact) mass is 181 g/mol. The Labute approximate surface area is 77.7 Å². The summed E-state index contributed by atoms with van der Waals surface area (Å²) >= 11 is 0. The predicted octanol–water partition coefficient (Wildman–Crippen LogP) is 0.378. The molecule has 4 atom stereocenters. The first-order valence-electron chi connectivity index (χ1n) is 5.26. The second-order valence-electron chi connectivity index (χ2n) is 4.62. The minimum atomic E-state index is -0.159. The standard InChI is InChI=1S/C10H15NO2/c12-6-3-4-11-9(5-6)7-1-2-8(7)10(11)13/h6-9,12H,1-5H2. The number of fused-ring (bicyclic) bond motifs is 3. The molecule has 3 nitrogen and oxygen atoms in total. The number of piperidine rings is 1. The number of nitrogens with zero attached hydrogens (tertiary/aromatic N) is 1. The molecule has 0 bridgehead atoms. The van der Waals surface area contributed by atoms with Crippen LogP contribution in [0.5, 0.6) is 0 Å². The molecule has 2 heterocycles. The van der Waals surface area contributed by atoms with E-state index in [9.17, 15) is 9.90 Å². The number of hydrogen-bond donors (Lipinski definition) is 1. The lowest BCUT2D eigenvalue weighted by Gasteiger charge is -2.37. The molecule has 3 fully saturated rings. The lowest BCUT2D eigenvalue weighted by atomic mass is 9.71. The third-order valence-corrected chi connectivity index (χ3v) is 4.04. The molecule has 1 amide bonds. The summed E-state index contributed by atoms with van der Waals surface area (Å²) in [7, 11) is 0. The van der Waals surface area contributed by atoms with Gasteiger partial charge in [0.2, 0.25) is 5.91 Å². The molecule has 3 aliphatic rings. The van der Waals surface area contributed by atoms with Crippen molar-refractivity contribution in [3.63, 3.8) is 0 Å². The normalized spacial score (nSPS) is 48.4. The third-order valence-electron chi connectivity index (χ3n) is 4.04. The molecule has 3 rings (SSSR count). The van der Waals surface area contributed by atoms with Crippen LogP contribution in [-0.2, 0) is 4.79 Å². The van der Waals surface area contributed by atoms with Crippen molar-refractivity contribution < 1.29 is 9.90 Å². The van der Waals surface area contributed by atoms with E-state index in [1.54, 1.807) is 0 Å². The summed E-state index contributed by atoms with van der Waals surface area (Å²) in [5, 5.41) is 9.53. The lowest BCUT2D eigenvalue weighted by Crippen LogP contribution is -2.44. The van der Waals surface area contributed by atoms with Crippen LogP contribution >= 0.6 is 0 Å². The van der Waals surface area contributed by atoms with Gasteiger partial charge in [-0.15, -0.1) is 0 Å². The van der Waals surface area contributed by atoms with Gasteiger partial charge in [0.1, 0.15) is 0 Å². The summed E-state index contributed by atoms with van der Waals surface area (Å²) in [5.41, 5.74) is 0. The van der Waals surface area contributed by atoms with Crippen molar-refractivity contribution in [2.24, 2.45) is 11.8 Å². The Bertz CT molecular complexity index is 253. The summed E-state index contributed by atoms with van der Waals surface area (Å²) in [6, 6.07) is 0.384. The van der Waals surface area contributed by atoms with Gasteiger partial charge in [-0.3, -0.25) is 4.79 Å². The molecule has 2 saturated heterocycles. The van der Waals surface area contributed by atoms with Gasteiger partial charge in [0.05, 0.1) is 6.10 Å². The number of carbonyl (C=O) groups is 1. The summed E-state index contributed by atoms with van der Waals surface area (Å²) in [5.74, 6) is 1.28. The zero-order valence-corrected chi connectivity index (χ0v) is 7.65. The maximum absolute atomic E-state index is 11.8. The second-order valence-corrected chi connectivity index (χ2v) is 4.62. The summed E-state index contributed by atoms with van der Waals surface area (Å²) < 4.78 is 0. The first-order valence-corrected chi connectivity index (χ1v) is 5.26. The number of aliphatic hydroxyl groups excluding tert-OH is 1. The molecule has 3 heteroatoms. The summed E-state index contributed by atoms with van der Waals surface area (Å²) in [4.78, 5) is 13.8. The largest absolute Gasteiger partial charge is 0.393 e. The van der Waals surface area contributed by atoms with Gasteiger partial charge in [-0.05, 0) is 31.6 Å². The summed E-state index contributed by atoms with van der Waals surface area (Å²) in [6.45, 7) is 0.789. The highest BCUT2D eigenvalue weighted by atomic mass is 16.3. The Morgan fingerprint density at radius 3 is 2.85 bits per heavy atom. The van der Waals surface area contributed by atoms with E-state index in [2.05, 4.69) is 0 Å². The number of amides is 1. The molecule has 13 heavy (non-hydrogen) atoms. The molecular weight excluding hydrogens is 166 g/mol. The molecule has 4 unspecified atom stereocenters. The van der Waals surface area contributed by atoms with Crippen molar-refractivity contribution in [3.8, 4) is 0 Å². The molecular formula is C10H15NO2. The Morgan fingerprint density at radius 1 is 1.31 bits per heavy atom. The van der Waals surface area contributed by atoms with E-state index in [0.29, 0.717) is 23.8 Å². The van der Waals surface area contributed by atoms with Crippen molar-refractivity contribution in [3.05, 3.63) is 0 Å². The minimum absolute atomic E-state index is 0.159. The molecule has 0 aromatic heterocycles. The zero-order chi connectivity index (χ0) is 9.00. The van der Waals surface area contributed by atoms with Gasteiger partial charge < -0.3 is 10.0 Å². The first kappa shape index (κ1) is 7.80. The maximum atomic E-state index is 11.8. The molecule has 0 spiro atoms. The molecule has 1 aliphatic carbocycles. The Kier molecular flexibility index (Phi) is 1.48. The lowest BCUT2D eigenvalue weighted by molar-refractivity contribution is -0.134. The van der Waals surface area contributed by atoms with Crippen molar-refractivity contribution >= 4 is 5.91 Å². The third kappa shape index (κ3) is 0.909. The zero-order valence-electron chi connectivity index (χ0n) is 7.65. The second kappa shape index (κ2) is 2.47. The van der Waals surface area contributed by atoms with Crippen molar-refractivity contribution in [1.82, 2.24) is 4.90 Å². The molecule has 0 aromatic rings. The van der Waals surface area contributed by atoms with Gasteiger partial charge >= 0.3 is 0 Å². The van der Waals surface area contributed by atoms with E-state index in [1.165, 1.54) is 6.42 Å². The SMILES string of the molecule is O=C1C2CCC2C2CC(O)CCN12. The van der Waals surface area contributed by atoms with Crippen LogP contribution in [-0.4, -0.2) is 34.6 Å². The van der Waals surface area contributed by atoms with Gasteiger partial charge in [-0.25, -0.2) is 0 Å². The highest BCUT2D eigenvalue weighted by Crippen LogP contribution is 2.48. The molecule has 0 aromatic carbocycles. The molecule has 0 radical (unpaired) electrons. The molecule has 1 N–H and O–H groups in total. The smallest absolute Gasteiger partial charge is 0.226 e. The first-order chi connectivity index (χ1) is 6.27. The van der Waals surface area contributed by atoms with Gasteiger partial charge in [0.25, 0.3) is 0 Å². The predicted molar refractivity (Wildman–Crippen MR) is 47.0 cm³/mol. The van der Waals surface area contributed by atoms with Gasteiger partial charge in [-0.1, -0.05) is 0 Å². The molecule has 72 valence electrons. The van der Waals surface area contributed by atoms with Gasteiger partial charge in [0.15, 0.2) is 0 Å². The van der Waals surface area contributed by atoms with Crippen LogP contribution < -0.4 is 0 Å². The summed E-state index contributed by atoms with van der Waals surface area (Å²) in [6.07, 6.45) is 3.74. The van der Waals surface area contributed by atoms with Crippen molar-refractivity contribution in [2.45, 2.75) is 37.8 Å². The maximum Gasteiger partial charge on any atom is 0.226 e. The van der Waals surface area contributed by atoms with E-state index in [1.807, 2.05) is 4.90 Å².